The Balaban J connectivity index is 2.24. The van der Waals surface area contributed by atoms with E-state index < -0.39 is 0 Å². The number of aryl methyl sites for hydroxylation is 1. The molecular weight excluding hydrogens is 214 g/mol. The van der Waals surface area contributed by atoms with Gasteiger partial charge in [-0.2, -0.15) is 0 Å². The van der Waals surface area contributed by atoms with Gasteiger partial charge in [-0.1, -0.05) is 0 Å². The summed E-state index contributed by atoms with van der Waals surface area (Å²) >= 11 is 0. The normalized spacial score (nSPS) is 10.9. The minimum absolute atomic E-state index is 0.509. The van der Waals surface area contributed by atoms with Crippen molar-refractivity contribution in [2.24, 2.45) is 7.05 Å². The third-order valence-electron chi connectivity index (χ3n) is 2.73. The first-order valence-electron chi connectivity index (χ1n) is 5.24. The van der Waals surface area contributed by atoms with Crippen molar-refractivity contribution < 1.29 is 0 Å². The molecule has 2 N–H and O–H groups in total. The van der Waals surface area contributed by atoms with Gasteiger partial charge in [-0.3, -0.25) is 4.98 Å². The Bertz CT molecular complexity index is 669. The van der Waals surface area contributed by atoms with Gasteiger partial charge in [-0.05, 0) is 18.2 Å². The first kappa shape index (κ1) is 9.77. The molecule has 0 bridgehead atoms. The number of anilines is 1. The molecule has 0 saturated heterocycles. The van der Waals surface area contributed by atoms with Gasteiger partial charge in [0.15, 0.2) is 0 Å². The largest absolute Gasteiger partial charge is 0.384 e. The van der Waals surface area contributed by atoms with Gasteiger partial charge in [-0.25, -0.2) is 9.97 Å². The number of fused-ring (bicyclic) bond motifs is 1. The van der Waals surface area contributed by atoms with E-state index in [1.807, 2.05) is 23.7 Å². The second kappa shape index (κ2) is 3.55. The molecule has 0 aliphatic rings. The van der Waals surface area contributed by atoms with Crippen molar-refractivity contribution in [2.45, 2.75) is 0 Å². The maximum absolute atomic E-state index is 5.57. The topological polar surface area (TPSA) is 69.6 Å². The standard InChI is InChI=1S/C12H11N5/c1-17-10-7-14-5-4-9(10)16-12(17)8-2-3-11(13)15-6-8/h2-7H,1H3,(H2,13,15). The summed E-state index contributed by atoms with van der Waals surface area (Å²) < 4.78 is 2.00. The van der Waals surface area contributed by atoms with E-state index in [-0.39, 0.29) is 0 Å². The van der Waals surface area contributed by atoms with Crippen LogP contribution in [0.1, 0.15) is 0 Å². The van der Waals surface area contributed by atoms with Crippen molar-refractivity contribution in [3.05, 3.63) is 36.8 Å². The molecule has 84 valence electrons. The van der Waals surface area contributed by atoms with Crippen molar-refractivity contribution >= 4 is 16.9 Å². The number of imidazole rings is 1. The Morgan fingerprint density at radius 2 is 2.06 bits per heavy atom. The molecule has 0 atom stereocenters. The average Bonchev–Trinajstić information content (AvgIpc) is 2.69. The molecule has 17 heavy (non-hydrogen) atoms. The molecule has 0 aliphatic heterocycles. The summed E-state index contributed by atoms with van der Waals surface area (Å²) in [7, 11) is 1.96. The summed E-state index contributed by atoms with van der Waals surface area (Å²) in [6, 6.07) is 5.58. The fraction of sp³-hybridized carbons (Fsp3) is 0.0833. The van der Waals surface area contributed by atoms with E-state index >= 15 is 0 Å². The fourth-order valence-corrected chi connectivity index (χ4v) is 1.83. The first-order valence-corrected chi connectivity index (χ1v) is 5.24. The van der Waals surface area contributed by atoms with E-state index in [0.717, 1.165) is 22.4 Å². The second-order valence-electron chi connectivity index (χ2n) is 3.83. The third-order valence-corrected chi connectivity index (χ3v) is 2.73. The van der Waals surface area contributed by atoms with Gasteiger partial charge in [0.05, 0.1) is 17.2 Å². The number of rotatable bonds is 1. The van der Waals surface area contributed by atoms with E-state index in [0.29, 0.717) is 5.82 Å². The molecule has 0 unspecified atom stereocenters. The van der Waals surface area contributed by atoms with Gasteiger partial charge in [0.2, 0.25) is 0 Å². The first-order chi connectivity index (χ1) is 8.25. The van der Waals surface area contributed by atoms with Crippen LogP contribution < -0.4 is 5.73 Å². The minimum Gasteiger partial charge on any atom is -0.384 e. The van der Waals surface area contributed by atoms with E-state index in [1.165, 1.54) is 0 Å². The predicted octanol–water partition coefficient (Wildman–Crippen LogP) is 1.61. The molecule has 3 heterocycles. The molecule has 3 aromatic heterocycles. The molecule has 0 radical (unpaired) electrons. The minimum atomic E-state index is 0.509. The molecule has 0 amide bonds. The molecule has 5 heteroatoms. The molecule has 0 saturated carbocycles. The molecule has 3 aromatic rings. The molecule has 0 fully saturated rings. The van der Waals surface area contributed by atoms with Gasteiger partial charge in [0.25, 0.3) is 0 Å². The third kappa shape index (κ3) is 1.52. The Morgan fingerprint density at radius 1 is 1.18 bits per heavy atom. The fourth-order valence-electron chi connectivity index (χ4n) is 1.83. The maximum atomic E-state index is 5.57. The molecule has 0 aromatic carbocycles. The summed E-state index contributed by atoms with van der Waals surface area (Å²) in [5, 5.41) is 0. The smallest absolute Gasteiger partial charge is 0.142 e. The van der Waals surface area contributed by atoms with Crippen LogP contribution in [0.15, 0.2) is 36.8 Å². The molecule has 5 nitrogen and oxygen atoms in total. The summed E-state index contributed by atoms with van der Waals surface area (Å²) in [6.07, 6.45) is 5.26. The maximum Gasteiger partial charge on any atom is 0.142 e. The lowest BCUT2D eigenvalue weighted by atomic mass is 10.2. The van der Waals surface area contributed by atoms with Crippen molar-refractivity contribution in [1.29, 1.82) is 0 Å². The number of nitrogen functional groups attached to an aromatic ring is 1. The van der Waals surface area contributed by atoms with Gasteiger partial charge in [-0.15, -0.1) is 0 Å². The highest BCUT2D eigenvalue weighted by Crippen LogP contribution is 2.22. The predicted molar refractivity (Wildman–Crippen MR) is 66.2 cm³/mol. The molecule has 3 rings (SSSR count). The Hall–Kier alpha value is -2.43. The van der Waals surface area contributed by atoms with Crippen LogP contribution in [0.2, 0.25) is 0 Å². The zero-order chi connectivity index (χ0) is 11.8. The van der Waals surface area contributed by atoms with E-state index in [4.69, 9.17) is 5.73 Å². The highest BCUT2D eigenvalue weighted by atomic mass is 15.1. The van der Waals surface area contributed by atoms with Crippen molar-refractivity contribution in [3.63, 3.8) is 0 Å². The summed E-state index contributed by atoms with van der Waals surface area (Å²) in [5.74, 6) is 1.37. The Kier molecular flexibility index (Phi) is 2.04. The van der Waals surface area contributed by atoms with Crippen LogP contribution in [0, 0.1) is 0 Å². The zero-order valence-corrected chi connectivity index (χ0v) is 9.33. The van der Waals surface area contributed by atoms with Crippen molar-refractivity contribution in [2.75, 3.05) is 5.73 Å². The second-order valence-corrected chi connectivity index (χ2v) is 3.83. The van der Waals surface area contributed by atoms with E-state index in [1.54, 1.807) is 24.7 Å². The van der Waals surface area contributed by atoms with Crippen LogP contribution in [-0.4, -0.2) is 19.5 Å². The van der Waals surface area contributed by atoms with Gasteiger partial charge < -0.3 is 10.3 Å². The highest BCUT2D eigenvalue weighted by Gasteiger charge is 2.09. The number of pyridine rings is 2. The highest BCUT2D eigenvalue weighted by molar-refractivity contribution is 5.79. The van der Waals surface area contributed by atoms with Crippen molar-refractivity contribution in [1.82, 2.24) is 19.5 Å². The number of nitrogens with two attached hydrogens (primary N) is 1. The number of hydrogen-bond acceptors (Lipinski definition) is 4. The van der Waals surface area contributed by atoms with Crippen LogP contribution in [0.25, 0.3) is 22.4 Å². The number of nitrogens with zero attached hydrogens (tertiary/aromatic N) is 4. The van der Waals surface area contributed by atoms with Crippen LogP contribution in [-0.2, 0) is 7.05 Å². The SMILES string of the molecule is Cn1c(-c2ccc(N)nc2)nc2ccncc21. The summed E-state index contributed by atoms with van der Waals surface area (Å²) in [5.41, 5.74) is 8.44. The molecule has 0 aliphatic carbocycles. The number of aromatic nitrogens is 4. The van der Waals surface area contributed by atoms with Crippen molar-refractivity contribution in [3.8, 4) is 11.4 Å². The lowest BCUT2D eigenvalue weighted by Gasteiger charge is -2.01. The summed E-state index contributed by atoms with van der Waals surface area (Å²) in [4.78, 5) is 12.7. The zero-order valence-electron chi connectivity index (χ0n) is 9.33. The van der Waals surface area contributed by atoms with Crippen LogP contribution >= 0.6 is 0 Å². The van der Waals surface area contributed by atoms with Crippen LogP contribution in [0.5, 0.6) is 0 Å². The van der Waals surface area contributed by atoms with Crippen LogP contribution in [0.3, 0.4) is 0 Å². The quantitative estimate of drug-likeness (QED) is 0.683. The number of hydrogen-bond donors (Lipinski definition) is 1. The summed E-state index contributed by atoms with van der Waals surface area (Å²) in [6.45, 7) is 0. The van der Waals surface area contributed by atoms with Gasteiger partial charge in [0, 0.05) is 25.0 Å². The van der Waals surface area contributed by atoms with Crippen LogP contribution in [0.4, 0.5) is 5.82 Å². The molecule has 0 spiro atoms. The molecular formula is C12H11N5. The van der Waals surface area contributed by atoms with E-state index in [2.05, 4.69) is 15.0 Å². The van der Waals surface area contributed by atoms with Gasteiger partial charge in [0.1, 0.15) is 11.6 Å². The van der Waals surface area contributed by atoms with E-state index in [9.17, 15) is 0 Å². The average molecular weight is 225 g/mol. The van der Waals surface area contributed by atoms with Gasteiger partial charge >= 0.3 is 0 Å². The Morgan fingerprint density at radius 3 is 2.76 bits per heavy atom. The lowest BCUT2D eigenvalue weighted by Crippen LogP contribution is -1.94. The lowest BCUT2D eigenvalue weighted by molar-refractivity contribution is 0.955. The monoisotopic (exact) mass is 225 g/mol. The Labute approximate surface area is 98.0 Å².